The largest absolute Gasteiger partial charge is 0.506 e. The molecule has 0 aliphatic carbocycles. The number of carbonyl (C=O) groups excluding carboxylic acids is 1. The lowest BCUT2D eigenvalue weighted by Gasteiger charge is -2.16. The van der Waals surface area contributed by atoms with Gasteiger partial charge in [0.05, 0.1) is 10.5 Å². The van der Waals surface area contributed by atoms with Gasteiger partial charge in [-0.1, -0.05) is 37.6 Å². The van der Waals surface area contributed by atoms with E-state index < -0.39 is 22.8 Å². The fourth-order valence-electron chi connectivity index (χ4n) is 2.84. The molecule has 0 aliphatic rings. The minimum absolute atomic E-state index is 0.147. The van der Waals surface area contributed by atoms with Gasteiger partial charge in [0, 0.05) is 24.2 Å². The molecule has 0 radical (unpaired) electrons. The number of nitrogens with zero attached hydrogens (tertiary/aromatic N) is 2. The molecule has 0 fully saturated rings. The van der Waals surface area contributed by atoms with Crippen molar-refractivity contribution in [3.8, 4) is 11.5 Å². The topological polar surface area (TPSA) is 104 Å². The van der Waals surface area contributed by atoms with Crippen molar-refractivity contribution in [2.45, 2.75) is 20.4 Å². The summed E-state index contributed by atoms with van der Waals surface area (Å²) in [5.74, 6) is -1.65. The van der Waals surface area contributed by atoms with Crippen molar-refractivity contribution >= 4 is 34.2 Å². The molecule has 0 bridgehead atoms. The van der Waals surface area contributed by atoms with Crippen molar-refractivity contribution < 1.29 is 15.0 Å². The highest BCUT2D eigenvalue weighted by molar-refractivity contribution is 6.30. The second kappa shape index (κ2) is 7.28. The van der Waals surface area contributed by atoms with Crippen molar-refractivity contribution in [1.29, 1.82) is 0 Å². The zero-order valence-corrected chi connectivity index (χ0v) is 15.5. The maximum Gasteiger partial charge on any atom is 0.267 e. The normalized spacial score (nSPS) is 11.1. The van der Waals surface area contributed by atoms with Crippen molar-refractivity contribution in [1.82, 2.24) is 9.55 Å². The van der Waals surface area contributed by atoms with Crippen molar-refractivity contribution in [2.75, 3.05) is 5.32 Å². The van der Waals surface area contributed by atoms with Gasteiger partial charge in [0.1, 0.15) is 11.3 Å². The summed E-state index contributed by atoms with van der Waals surface area (Å²) < 4.78 is 1.46. The SMILES string of the molecule is CC(C)Cn1c(=O)c(C(=O)Nc2ncc(Cl)cc2O)c(O)c2ccccc21. The molecule has 0 aliphatic heterocycles. The number of hydrogen-bond donors (Lipinski definition) is 3. The van der Waals surface area contributed by atoms with Gasteiger partial charge in [0.25, 0.3) is 11.5 Å². The first kappa shape index (κ1) is 18.7. The van der Waals surface area contributed by atoms with Crippen LogP contribution in [0.4, 0.5) is 5.82 Å². The number of amides is 1. The molecule has 3 aromatic rings. The first-order valence-corrected chi connectivity index (χ1v) is 8.67. The fourth-order valence-corrected chi connectivity index (χ4v) is 2.99. The summed E-state index contributed by atoms with van der Waals surface area (Å²) in [6.07, 6.45) is 1.24. The van der Waals surface area contributed by atoms with Crippen LogP contribution in [0.15, 0.2) is 41.3 Å². The number of anilines is 1. The molecule has 27 heavy (non-hydrogen) atoms. The molecule has 140 valence electrons. The summed E-state index contributed by atoms with van der Waals surface area (Å²) in [4.78, 5) is 29.5. The number of carbonyl (C=O) groups is 1. The van der Waals surface area contributed by atoms with E-state index >= 15 is 0 Å². The standard InChI is InChI=1S/C19H18ClN3O4/c1-10(2)9-23-13-6-4-3-5-12(13)16(25)15(19(23)27)18(26)22-17-14(24)7-11(20)8-21-17/h3-8,10,24-25H,9H2,1-2H3,(H,21,22,26). The van der Waals surface area contributed by atoms with Crippen LogP contribution in [-0.2, 0) is 6.54 Å². The first-order valence-electron chi connectivity index (χ1n) is 8.30. The lowest BCUT2D eigenvalue weighted by molar-refractivity contribution is 0.102. The molecule has 7 nitrogen and oxygen atoms in total. The van der Waals surface area contributed by atoms with E-state index in [1.165, 1.54) is 16.8 Å². The number of rotatable bonds is 4. The van der Waals surface area contributed by atoms with Crippen LogP contribution in [0.3, 0.4) is 0 Å². The molecule has 0 saturated heterocycles. The highest BCUT2D eigenvalue weighted by Gasteiger charge is 2.23. The summed E-state index contributed by atoms with van der Waals surface area (Å²) in [7, 11) is 0. The summed E-state index contributed by atoms with van der Waals surface area (Å²) in [5, 5.41) is 23.4. The van der Waals surface area contributed by atoms with Crippen LogP contribution in [0.1, 0.15) is 24.2 Å². The fraction of sp³-hybridized carbons (Fsp3) is 0.211. The summed E-state index contributed by atoms with van der Waals surface area (Å²) in [5.41, 5.74) is -0.492. The molecule has 0 atom stereocenters. The lowest BCUT2D eigenvalue weighted by atomic mass is 10.1. The van der Waals surface area contributed by atoms with Gasteiger partial charge < -0.3 is 20.1 Å². The Hall–Kier alpha value is -3.06. The van der Waals surface area contributed by atoms with Crippen molar-refractivity contribution in [3.63, 3.8) is 0 Å². The van der Waals surface area contributed by atoms with Gasteiger partial charge >= 0.3 is 0 Å². The maximum absolute atomic E-state index is 12.9. The smallest absolute Gasteiger partial charge is 0.267 e. The molecule has 1 amide bonds. The van der Waals surface area contributed by atoms with Gasteiger partial charge in [-0.2, -0.15) is 0 Å². The summed E-state index contributed by atoms with van der Waals surface area (Å²) >= 11 is 5.73. The Morgan fingerprint density at radius 3 is 2.67 bits per heavy atom. The highest BCUT2D eigenvalue weighted by Crippen LogP contribution is 2.29. The third-order valence-corrected chi connectivity index (χ3v) is 4.19. The van der Waals surface area contributed by atoms with Crippen LogP contribution in [-0.4, -0.2) is 25.7 Å². The number of halogens is 1. The van der Waals surface area contributed by atoms with Crippen LogP contribution < -0.4 is 10.9 Å². The predicted molar refractivity (Wildman–Crippen MR) is 104 cm³/mol. The zero-order valence-electron chi connectivity index (χ0n) is 14.7. The molecule has 3 N–H and O–H groups in total. The molecule has 2 aromatic heterocycles. The molecular weight excluding hydrogens is 370 g/mol. The van der Waals surface area contributed by atoms with Crippen LogP contribution in [0.5, 0.6) is 11.5 Å². The highest BCUT2D eigenvalue weighted by atomic mass is 35.5. The Balaban J connectivity index is 2.15. The molecule has 0 unspecified atom stereocenters. The molecule has 1 aromatic carbocycles. The van der Waals surface area contributed by atoms with E-state index in [0.29, 0.717) is 17.4 Å². The van der Waals surface area contributed by atoms with Crippen molar-refractivity contribution in [2.24, 2.45) is 5.92 Å². The third kappa shape index (κ3) is 3.59. The van der Waals surface area contributed by atoms with E-state index in [0.717, 1.165) is 0 Å². The number of aromatic hydroxyl groups is 2. The second-order valence-corrected chi connectivity index (χ2v) is 6.96. The summed E-state index contributed by atoms with van der Waals surface area (Å²) in [6, 6.07) is 8.03. The predicted octanol–water partition coefficient (Wildman–Crippen LogP) is 3.37. The lowest BCUT2D eigenvalue weighted by Crippen LogP contribution is -2.31. The number of aromatic nitrogens is 2. The van der Waals surface area contributed by atoms with E-state index in [4.69, 9.17) is 11.6 Å². The molecular formula is C19H18ClN3O4. The third-order valence-electron chi connectivity index (χ3n) is 3.99. The summed E-state index contributed by atoms with van der Waals surface area (Å²) in [6.45, 7) is 4.28. The average Bonchev–Trinajstić information content (AvgIpc) is 2.61. The monoisotopic (exact) mass is 387 g/mol. The number of benzene rings is 1. The van der Waals surface area contributed by atoms with Crippen LogP contribution in [0.25, 0.3) is 10.9 Å². The van der Waals surface area contributed by atoms with Gasteiger partial charge in [-0.25, -0.2) is 4.98 Å². The number of para-hydroxylation sites is 1. The molecule has 0 spiro atoms. The Bertz CT molecular complexity index is 1090. The van der Waals surface area contributed by atoms with E-state index in [1.807, 2.05) is 13.8 Å². The Morgan fingerprint density at radius 2 is 2.00 bits per heavy atom. The van der Waals surface area contributed by atoms with Crippen LogP contribution in [0.2, 0.25) is 5.02 Å². The number of fused-ring (bicyclic) bond motifs is 1. The minimum atomic E-state index is -0.870. The van der Waals surface area contributed by atoms with E-state index in [1.54, 1.807) is 24.3 Å². The van der Waals surface area contributed by atoms with E-state index in [9.17, 15) is 19.8 Å². The number of nitrogens with one attached hydrogen (secondary N) is 1. The second-order valence-electron chi connectivity index (χ2n) is 6.53. The van der Waals surface area contributed by atoms with Crippen LogP contribution in [0, 0.1) is 5.92 Å². The molecule has 8 heteroatoms. The maximum atomic E-state index is 12.9. The molecule has 3 rings (SSSR count). The first-order chi connectivity index (χ1) is 12.8. The van der Waals surface area contributed by atoms with Gasteiger partial charge in [-0.3, -0.25) is 9.59 Å². The zero-order chi connectivity index (χ0) is 19.7. The molecule has 2 heterocycles. The van der Waals surface area contributed by atoms with E-state index in [2.05, 4.69) is 10.3 Å². The quantitative estimate of drug-likeness (QED) is 0.636. The number of hydrogen-bond acceptors (Lipinski definition) is 5. The molecule has 0 saturated carbocycles. The minimum Gasteiger partial charge on any atom is -0.506 e. The van der Waals surface area contributed by atoms with Gasteiger partial charge in [-0.05, 0) is 18.1 Å². The Kier molecular flexibility index (Phi) is 5.05. The van der Waals surface area contributed by atoms with Gasteiger partial charge in [-0.15, -0.1) is 0 Å². The van der Waals surface area contributed by atoms with E-state index in [-0.39, 0.29) is 22.5 Å². The van der Waals surface area contributed by atoms with Crippen molar-refractivity contribution in [3.05, 3.63) is 57.5 Å². The van der Waals surface area contributed by atoms with Crippen LogP contribution >= 0.6 is 11.6 Å². The Labute approximate surface area is 159 Å². The average molecular weight is 388 g/mol. The number of pyridine rings is 2. The Morgan fingerprint density at radius 1 is 1.30 bits per heavy atom. The van der Waals surface area contributed by atoms with Gasteiger partial charge in [0.15, 0.2) is 11.6 Å². The van der Waals surface area contributed by atoms with Gasteiger partial charge in [0.2, 0.25) is 0 Å².